The molecule has 0 radical (unpaired) electrons. The van der Waals surface area contributed by atoms with E-state index in [1.54, 1.807) is 12.1 Å². The minimum Gasteiger partial charge on any atom is -0.453 e. The molecular formula is C10H11ClN2O3. The van der Waals surface area contributed by atoms with E-state index < -0.39 is 12.3 Å². The highest BCUT2D eigenvalue weighted by Crippen LogP contribution is 2.27. The number of ether oxygens (including phenoxy) is 1. The lowest BCUT2D eigenvalue weighted by Crippen LogP contribution is -2.40. The molecular weight excluding hydrogens is 232 g/mol. The molecule has 0 aliphatic carbocycles. The molecule has 1 N–H and O–H groups in total. The fourth-order valence-electron chi connectivity index (χ4n) is 1.75. The van der Waals surface area contributed by atoms with Crippen molar-refractivity contribution in [3.05, 3.63) is 28.5 Å². The quantitative estimate of drug-likeness (QED) is 0.698. The van der Waals surface area contributed by atoms with Crippen LogP contribution in [-0.2, 0) is 11.2 Å². The third-order valence-electron chi connectivity index (χ3n) is 2.55. The lowest BCUT2D eigenvalue weighted by molar-refractivity contribution is -0.00278. The first-order valence-corrected chi connectivity index (χ1v) is 5.19. The van der Waals surface area contributed by atoms with Crippen LogP contribution < -0.4 is 0 Å². The third-order valence-corrected chi connectivity index (χ3v) is 2.76. The third kappa shape index (κ3) is 1.83. The van der Waals surface area contributed by atoms with Crippen molar-refractivity contribution in [3.8, 4) is 0 Å². The van der Waals surface area contributed by atoms with Crippen molar-refractivity contribution < 1.29 is 14.6 Å². The minimum absolute atomic E-state index is 0.369. The van der Waals surface area contributed by atoms with Gasteiger partial charge in [0, 0.05) is 18.5 Å². The van der Waals surface area contributed by atoms with Crippen LogP contribution >= 0.6 is 11.6 Å². The Morgan fingerprint density at radius 1 is 1.69 bits per heavy atom. The maximum absolute atomic E-state index is 11.4. The molecule has 1 atom stereocenters. The highest BCUT2D eigenvalue weighted by atomic mass is 35.5. The van der Waals surface area contributed by atoms with Crippen LogP contribution in [0.15, 0.2) is 12.1 Å². The Labute approximate surface area is 97.6 Å². The van der Waals surface area contributed by atoms with Crippen molar-refractivity contribution in [2.24, 2.45) is 0 Å². The monoisotopic (exact) mass is 242 g/mol. The van der Waals surface area contributed by atoms with Gasteiger partial charge in [0.05, 0.1) is 12.8 Å². The van der Waals surface area contributed by atoms with Gasteiger partial charge >= 0.3 is 6.09 Å². The van der Waals surface area contributed by atoms with Crippen molar-refractivity contribution in [1.29, 1.82) is 0 Å². The van der Waals surface area contributed by atoms with Crippen LogP contribution in [0.2, 0.25) is 5.15 Å². The van der Waals surface area contributed by atoms with Crippen molar-refractivity contribution in [2.45, 2.75) is 12.6 Å². The molecule has 0 spiro atoms. The molecule has 6 heteroatoms. The second-order valence-corrected chi connectivity index (χ2v) is 3.84. The molecule has 0 fully saturated rings. The summed E-state index contributed by atoms with van der Waals surface area (Å²) in [6, 6.07) is 3.26. The molecule has 86 valence electrons. The van der Waals surface area contributed by atoms with Gasteiger partial charge in [-0.1, -0.05) is 11.6 Å². The highest BCUT2D eigenvalue weighted by molar-refractivity contribution is 6.29. The normalized spacial score (nSPS) is 19.2. The number of fused-ring (bicyclic) bond motifs is 1. The number of nitrogens with zero attached hydrogens (tertiary/aromatic N) is 2. The van der Waals surface area contributed by atoms with E-state index in [1.165, 1.54) is 12.0 Å². The number of carbonyl (C=O) groups excluding carboxylic acids is 1. The molecule has 1 unspecified atom stereocenters. The summed E-state index contributed by atoms with van der Waals surface area (Å²) in [5.41, 5.74) is 1.32. The fraction of sp³-hybridized carbons (Fsp3) is 0.400. The summed E-state index contributed by atoms with van der Waals surface area (Å²) >= 11 is 5.75. The summed E-state index contributed by atoms with van der Waals surface area (Å²) in [5, 5.41) is 10.3. The number of carbonyl (C=O) groups is 1. The number of pyridine rings is 1. The number of rotatable bonds is 0. The van der Waals surface area contributed by atoms with Gasteiger partial charge in [-0.25, -0.2) is 9.78 Å². The molecule has 0 saturated heterocycles. The molecule has 2 heterocycles. The number of amides is 1. The molecule has 1 aromatic rings. The van der Waals surface area contributed by atoms with Crippen LogP contribution in [0.4, 0.5) is 4.79 Å². The molecule has 5 nitrogen and oxygen atoms in total. The first kappa shape index (κ1) is 11.2. The van der Waals surface area contributed by atoms with E-state index >= 15 is 0 Å². The summed E-state index contributed by atoms with van der Waals surface area (Å²) in [6.45, 7) is 0.369. The summed E-state index contributed by atoms with van der Waals surface area (Å²) in [4.78, 5) is 16.7. The number of aromatic nitrogens is 1. The van der Waals surface area contributed by atoms with Crippen molar-refractivity contribution >= 4 is 17.7 Å². The van der Waals surface area contributed by atoms with Crippen LogP contribution in [0.3, 0.4) is 0 Å². The lowest BCUT2D eigenvalue weighted by atomic mass is 10.0. The molecule has 2 rings (SSSR count). The van der Waals surface area contributed by atoms with Gasteiger partial charge in [-0.3, -0.25) is 4.90 Å². The zero-order valence-corrected chi connectivity index (χ0v) is 9.44. The van der Waals surface area contributed by atoms with Gasteiger partial charge in [-0.15, -0.1) is 0 Å². The topological polar surface area (TPSA) is 62.7 Å². The van der Waals surface area contributed by atoms with E-state index in [9.17, 15) is 9.90 Å². The van der Waals surface area contributed by atoms with E-state index in [4.69, 9.17) is 11.6 Å². The van der Waals surface area contributed by atoms with Crippen molar-refractivity contribution in [3.63, 3.8) is 0 Å². The van der Waals surface area contributed by atoms with Gasteiger partial charge in [0.25, 0.3) is 0 Å². The Balaban J connectivity index is 2.32. The van der Waals surface area contributed by atoms with E-state index in [2.05, 4.69) is 9.72 Å². The lowest BCUT2D eigenvalue weighted by Gasteiger charge is -2.31. The minimum atomic E-state index is -1.01. The average Bonchev–Trinajstić information content (AvgIpc) is 2.28. The molecule has 0 aromatic carbocycles. The molecule has 0 bridgehead atoms. The van der Waals surface area contributed by atoms with E-state index in [0.717, 1.165) is 5.69 Å². The predicted octanol–water partition coefficient (Wildman–Crippen LogP) is 1.35. The summed E-state index contributed by atoms with van der Waals surface area (Å²) < 4.78 is 4.58. The fourth-order valence-corrected chi connectivity index (χ4v) is 1.91. The number of hydrogen-bond acceptors (Lipinski definition) is 4. The molecule has 1 aromatic heterocycles. The van der Waals surface area contributed by atoms with Crippen LogP contribution in [0.5, 0.6) is 0 Å². The van der Waals surface area contributed by atoms with E-state index in [0.29, 0.717) is 23.7 Å². The van der Waals surface area contributed by atoms with Gasteiger partial charge in [-0.05, 0) is 12.1 Å². The van der Waals surface area contributed by atoms with Crippen LogP contribution in [-0.4, -0.2) is 34.7 Å². The largest absolute Gasteiger partial charge is 0.453 e. The van der Waals surface area contributed by atoms with Gasteiger partial charge < -0.3 is 9.84 Å². The SMILES string of the molecule is COC(=O)N1CCc2nc(Cl)ccc2C1O. The molecule has 1 aliphatic heterocycles. The molecule has 1 amide bonds. The Morgan fingerprint density at radius 3 is 3.12 bits per heavy atom. The Kier molecular flexibility index (Phi) is 2.98. The Morgan fingerprint density at radius 2 is 2.44 bits per heavy atom. The predicted molar refractivity (Wildman–Crippen MR) is 57.0 cm³/mol. The van der Waals surface area contributed by atoms with Gasteiger partial charge in [0.15, 0.2) is 6.23 Å². The maximum Gasteiger partial charge on any atom is 0.411 e. The highest BCUT2D eigenvalue weighted by Gasteiger charge is 2.30. The Bertz CT molecular complexity index is 425. The molecule has 16 heavy (non-hydrogen) atoms. The van der Waals surface area contributed by atoms with E-state index in [-0.39, 0.29) is 0 Å². The number of aliphatic hydroxyl groups is 1. The molecule has 0 saturated carbocycles. The van der Waals surface area contributed by atoms with Gasteiger partial charge in [0.2, 0.25) is 0 Å². The standard InChI is InChI=1S/C10H11ClN2O3/c1-16-10(15)13-5-4-7-6(9(13)14)2-3-8(11)12-7/h2-3,9,14H,4-5H2,1H3. The number of halogens is 1. The maximum atomic E-state index is 11.4. The van der Waals surface area contributed by atoms with Crippen molar-refractivity contribution in [1.82, 2.24) is 9.88 Å². The van der Waals surface area contributed by atoms with E-state index in [1.807, 2.05) is 0 Å². The number of aliphatic hydroxyl groups excluding tert-OH is 1. The second-order valence-electron chi connectivity index (χ2n) is 3.46. The summed E-state index contributed by atoms with van der Waals surface area (Å²) in [5.74, 6) is 0. The number of hydrogen-bond donors (Lipinski definition) is 1. The zero-order chi connectivity index (χ0) is 11.7. The summed E-state index contributed by atoms with van der Waals surface area (Å²) in [6.07, 6.45) is -1.00. The Hall–Kier alpha value is -1.33. The summed E-state index contributed by atoms with van der Waals surface area (Å²) in [7, 11) is 1.28. The van der Waals surface area contributed by atoms with Crippen LogP contribution in [0.1, 0.15) is 17.5 Å². The first-order valence-electron chi connectivity index (χ1n) is 4.81. The average molecular weight is 243 g/mol. The smallest absolute Gasteiger partial charge is 0.411 e. The van der Waals surface area contributed by atoms with Gasteiger partial charge in [0.1, 0.15) is 5.15 Å². The van der Waals surface area contributed by atoms with Crippen LogP contribution in [0.25, 0.3) is 0 Å². The van der Waals surface area contributed by atoms with Gasteiger partial charge in [-0.2, -0.15) is 0 Å². The zero-order valence-electron chi connectivity index (χ0n) is 8.68. The second kappa shape index (κ2) is 4.27. The van der Waals surface area contributed by atoms with Crippen molar-refractivity contribution in [2.75, 3.05) is 13.7 Å². The molecule has 1 aliphatic rings. The first-order chi connectivity index (χ1) is 7.63. The van der Waals surface area contributed by atoms with Crippen LogP contribution in [0, 0.1) is 0 Å². The number of methoxy groups -OCH3 is 1.